The lowest BCUT2D eigenvalue weighted by Crippen LogP contribution is -2.14. The highest BCUT2D eigenvalue weighted by Gasteiger charge is 2.21. The molecule has 0 spiro atoms. The number of H-pyrrole nitrogens is 1. The van der Waals surface area contributed by atoms with Gasteiger partial charge in [0.25, 0.3) is 5.56 Å². The van der Waals surface area contributed by atoms with Crippen LogP contribution in [0.2, 0.25) is 0 Å². The largest absolute Gasteiger partial charge is 0.454 e. The summed E-state index contributed by atoms with van der Waals surface area (Å²) in [5.41, 5.74) is 1.03. The van der Waals surface area contributed by atoms with E-state index < -0.39 is 12.6 Å². The zero-order chi connectivity index (χ0) is 19.0. The molecule has 140 valence electrons. The molecule has 6 nitrogen and oxygen atoms in total. The number of rotatable bonds is 5. The fourth-order valence-corrected chi connectivity index (χ4v) is 4.39. The van der Waals surface area contributed by atoms with Crippen molar-refractivity contribution in [2.45, 2.75) is 32.5 Å². The van der Waals surface area contributed by atoms with Crippen molar-refractivity contribution >= 4 is 27.5 Å². The molecule has 0 amide bonds. The van der Waals surface area contributed by atoms with Crippen molar-refractivity contribution < 1.29 is 23.0 Å². The average Bonchev–Trinajstić information content (AvgIpc) is 3.20. The molecule has 0 saturated heterocycles. The molecule has 0 atom stereocenters. The SMILES string of the molecule is O=C(OCc1nc2sc3c(c2c(=O)[nH]1)CCC3)c1ccc(OC(F)F)cc1. The fourth-order valence-electron chi connectivity index (χ4n) is 3.10. The first kappa shape index (κ1) is 17.6. The molecule has 0 bridgehead atoms. The van der Waals surface area contributed by atoms with Crippen molar-refractivity contribution in [1.29, 1.82) is 0 Å². The smallest absolute Gasteiger partial charge is 0.387 e. The standard InChI is InChI=1S/C18H14F2N2O4S/c19-18(20)26-10-6-4-9(5-7-10)17(24)25-8-13-21-15(23)14-11-2-1-3-12(11)27-16(14)22-13/h4-7,18H,1-3,8H2,(H,21,22,23). The molecule has 1 aliphatic carbocycles. The molecule has 4 rings (SSSR count). The van der Waals surface area contributed by atoms with E-state index in [9.17, 15) is 18.4 Å². The third kappa shape index (κ3) is 3.55. The van der Waals surface area contributed by atoms with Gasteiger partial charge in [-0.1, -0.05) is 0 Å². The Hall–Kier alpha value is -2.81. The highest BCUT2D eigenvalue weighted by atomic mass is 32.1. The van der Waals surface area contributed by atoms with E-state index in [0.717, 1.165) is 24.8 Å². The van der Waals surface area contributed by atoms with Gasteiger partial charge in [0.05, 0.1) is 10.9 Å². The number of nitrogens with zero attached hydrogens (tertiary/aromatic N) is 1. The number of aromatic amines is 1. The number of thiophene rings is 1. The number of ether oxygens (including phenoxy) is 2. The second-order valence-corrected chi connectivity index (χ2v) is 7.11. The molecule has 2 heterocycles. The zero-order valence-electron chi connectivity index (χ0n) is 14.0. The summed E-state index contributed by atoms with van der Waals surface area (Å²) in [6.07, 6.45) is 2.90. The van der Waals surface area contributed by atoms with Crippen LogP contribution in [0, 0.1) is 0 Å². The third-order valence-electron chi connectivity index (χ3n) is 4.28. The van der Waals surface area contributed by atoms with E-state index in [4.69, 9.17) is 4.74 Å². The Bertz CT molecular complexity index is 1060. The Morgan fingerprint density at radius 1 is 1.26 bits per heavy atom. The van der Waals surface area contributed by atoms with Crippen LogP contribution in [0.4, 0.5) is 8.78 Å². The molecule has 1 aliphatic rings. The molecule has 0 saturated carbocycles. The lowest BCUT2D eigenvalue weighted by molar-refractivity contribution is -0.0498. The first-order valence-electron chi connectivity index (χ1n) is 8.26. The van der Waals surface area contributed by atoms with Gasteiger partial charge in [-0.3, -0.25) is 4.79 Å². The Labute approximate surface area is 155 Å². The van der Waals surface area contributed by atoms with Crippen molar-refractivity contribution in [2.75, 3.05) is 0 Å². The van der Waals surface area contributed by atoms with Crippen LogP contribution in [0.25, 0.3) is 10.2 Å². The summed E-state index contributed by atoms with van der Waals surface area (Å²) in [4.78, 5) is 33.4. The van der Waals surface area contributed by atoms with E-state index in [1.165, 1.54) is 40.5 Å². The lowest BCUT2D eigenvalue weighted by atomic mass is 10.2. The molecule has 27 heavy (non-hydrogen) atoms. The van der Waals surface area contributed by atoms with Crippen molar-refractivity contribution in [1.82, 2.24) is 9.97 Å². The van der Waals surface area contributed by atoms with Crippen LogP contribution in [0.15, 0.2) is 29.1 Å². The van der Waals surface area contributed by atoms with Crippen LogP contribution in [0.3, 0.4) is 0 Å². The number of halogens is 2. The number of hydrogen-bond acceptors (Lipinski definition) is 6. The van der Waals surface area contributed by atoms with Gasteiger partial charge < -0.3 is 14.5 Å². The maximum absolute atomic E-state index is 12.4. The first-order valence-corrected chi connectivity index (χ1v) is 9.08. The topological polar surface area (TPSA) is 81.3 Å². The summed E-state index contributed by atoms with van der Waals surface area (Å²) in [6, 6.07) is 5.15. The summed E-state index contributed by atoms with van der Waals surface area (Å²) >= 11 is 1.50. The lowest BCUT2D eigenvalue weighted by Gasteiger charge is -2.07. The first-order chi connectivity index (χ1) is 13.0. The number of aryl methyl sites for hydroxylation is 2. The fraction of sp³-hybridized carbons (Fsp3) is 0.278. The molecular formula is C18H14F2N2O4S. The molecule has 0 aliphatic heterocycles. The minimum atomic E-state index is -2.93. The Kier molecular flexibility index (Phi) is 4.61. The normalized spacial score (nSPS) is 13.1. The van der Waals surface area contributed by atoms with Crippen LogP contribution in [-0.4, -0.2) is 22.5 Å². The second-order valence-electron chi connectivity index (χ2n) is 6.03. The minimum absolute atomic E-state index is 0.0521. The quantitative estimate of drug-likeness (QED) is 0.673. The van der Waals surface area contributed by atoms with E-state index in [1.807, 2.05) is 0 Å². The van der Waals surface area contributed by atoms with Crippen LogP contribution in [0.5, 0.6) is 5.75 Å². The maximum atomic E-state index is 12.4. The summed E-state index contributed by atoms with van der Waals surface area (Å²) in [5.74, 6) is -0.447. The van der Waals surface area contributed by atoms with E-state index >= 15 is 0 Å². The summed E-state index contributed by atoms with van der Waals surface area (Å²) in [7, 11) is 0. The minimum Gasteiger partial charge on any atom is -0.454 e. The highest BCUT2D eigenvalue weighted by molar-refractivity contribution is 7.18. The van der Waals surface area contributed by atoms with Crippen LogP contribution < -0.4 is 10.3 Å². The molecule has 0 unspecified atom stereocenters. The van der Waals surface area contributed by atoms with E-state index in [1.54, 1.807) is 0 Å². The number of carbonyl (C=O) groups excluding carboxylic acids is 1. The molecule has 0 fully saturated rings. The number of hydrogen-bond donors (Lipinski definition) is 1. The maximum Gasteiger partial charge on any atom is 0.387 e. The van der Waals surface area contributed by atoms with E-state index in [2.05, 4.69) is 14.7 Å². The predicted octanol–water partition coefficient (Wildman–Crippen LogP) is 3.43. The highest BCUT2D eigenvalue weighted by Crippen LogP contribution is 2.34. The molecule has 0 radical (unpaired) electrons. The number of benzene rings is 1. The number of nitrogens with one attached hydrogen (secondary N) is 1. The van der Waals surface area contributed by atoms with E-state index in [0.29, 0.717) is 10.2 Å². The number of esters is 1. The van der Waals surface area contributed by atoms with Crippen molar-refractivity contribution in [3.8, 4) is 5.75 Å². The zero-order valence-corrected chi connectivity index (χ0v) is 14.8. The number of fused-ring (bicyclic) bond motifs is 3. The molecule has 9 heteroatoms. The van der Waals surface area contributed by atoms with Crippen molar-refractivity contribution in [3.05, 3.63) is 56.4 Å². The second kappa shape index (κ2) is 7.07. The van der Waals surface area contributed by atoms with Gasteiger partial charge in [-0.2, -0.15) is 8.78 Å². The molecule has 3 aromatic rings. The molecule has 2 aromatic heterocycles. The van der Waals surface area contributed by atoms with Gasteiger partial charge in [-0.25, -0.2) is 9.78 Å². The van der Waals surface area contributed by atoms with Crippen LogP contribution in [-0.2, 0) is 24.2 Å². The number of carbonyl (C=O) groups is 1. The van der Waals surface area contributed by atoms with Gasteiger partial charge in [0.15, 0.2) is 0 Å². The van der Waals surface area contributed by atoms with Gasteiger partial charge in [-0.15, -0.1) is 11.3 Å². The Morgan fingerprint density at radius 3 is 2.78 bits per heavy atom. The van der Waals surface area contributed by atoms with Gasteiger partial charge in [0.1, 0.15) is 23.0 Å². The van der Waals surface area contributed by atoms with Gasteiger partial charge in [0.2, 0.25) is 0 Å². The predicted molar refractivity (Wildman–Crippen MR) is 94.5 cm³/mol. The summed E-state index contributed by atoms with van der Waals surface area (Å²) in [6.45, 7) is -3.12. The number of alkyl halides is 2. The van der Waals surface area contributed by atoms with E-state index in [-0.39, 0.29) is 29.3 Å². The van der Waals surface area contributed by atoms with Crippen LogP contribution >= 0.6 is 11.3 Å². The van der Waals surface area contributed by atoms with Crippen LogP contribution in [0.1, 0.15) is 33.0 Å². The molecule has 1 aromatic carbocycles. The molecular weight excluding hydrogens is 378 g/mol. The van der Waals surface area contributed by atoms with Gasteiger partial charge in [0, 0.05) is 4.88 Å². The third-order valence-corrected chi connectivity index (χ3v) is 5.46. The van der Waals surface area contributed by atoms with Crippen molar-refractivity contribution in [2.24, 2.45) is 0 Å². The summed E-state index contributed by atoms with van der Waals surface area (Å²) < 4.78 is 33.7. The summed E-state index contributed by atoms with van der Waals surface area (Å²) in [5, 5.41) is 0.636. The van der Waals surface area contributed by atoms with Gasteiger partial charge >= 0.3 is 12.6 Å². The molecule has 1 N–H and O–H groups in total. The monoisotopic (exact) mass is 392 g/mol. The Balaban J connectivity index is 1.47. The average molecular weight is 392 g/mol. The van der Waals surface area contributed by atoms with Crippen molar-refractivity contribution in [3.63, 3.8) is 0 Å². The van der Waals surface area contributed by atoms with Gasteiger partial charge in [-0.05, 0) is 49.1 Å². The number of aromatic nitrogens is 2. The Morgan fingerprint density at radius 2 is 2.04 bits per heavy atom.